The first-order valence-electron chi connectivity index (χ1n) is 5.92. The Labute approximate surface area is 129 Å². The Morgan fingerprint density at radius 2 is 2.29 bits per heavy atom. The van der Waals surface area contributed by atoms with Crippen LogP contribution in [0.3, 0.4) is 0 Å². The molecule has 0 aliphatic carbocycles. The molecule has 1 aromatic carbocycles. The molecule has 1 heterocycles. The molecule has 8 heteroatoms. The van der Waals surface area contributed by atoms with Crippen LogP contribution in [0.15, 0.2) is 18.2 Å². The highest BCUT2D eigenvalue weighted by Crippen LogP contribution is 2.34. The number of hydrogen-bond acceptors (Lipinski definition) is 5. The van der Waals surface area contributed by atoms with Crippen molar-refractivity contribution in [1.82, 2.24) is 9.78 Å². The fraction of sp³-hybridized carbons (Fsp3) is 0.231. The Morgan fingerprint density at radius 3 is 2.86 bits per heavy atom. The van der Waals surface area contributed by atoms with Crippen molar-refractivity contribution < 1.29 is 9.66 Å². The van der Waals surface area contributed by atoms with Crippen molar-refractivity contribution in [2.24, 2.45) is 7.05 Å². The largest absolute Gasteiger partial charge is 0.432 e. The highest BCUT2D eigenvalue weighted by Gasteiger charge is 2.21. The fourth-order valence-corrected chi connectivity index (χ4v) is 2.53. The standard InChI is InChI=1S/C13H11BrN4O3/c1-8-10(6-14)13(17(2)16-8)21-12-4-3-9(7-15)5-11(12)18(19)20/h3-5H,6H2,1-2H3. The minimum Gasteiger partial charge on any atom is -0.432 e. The maximum Gasteiger partial charge on any atom is 0.312 e. The van der Waals surface area contributed by atoms with Gasteiger partial charge >= 0.3 is 5.69 Å². The van der Waals surface area contributed by atoms with Crippen LogP contribution >= 0.6 is 15.9 Å². The molecule has 0 atom stereocenters. The van der Waals surface area contributed by atoms with Crippen molar-refractivity contribution in [1.29, 1.82) is 5.26 Å². The van der Waals surface area contributed by atoms with Crippen molar-refractivity contribution >= 4 is 21.6 Å². The Balaban J connectivity index is 2.50. The minimum atomic E-state index is -0.576. The Hall–Kier alpha value is -2.40. The van der Waals surface area contributed by atoms with Gasteiger partial charge in [0.25, 0.3) is 0 Å². The average Bonchev–Trinajstić information content (AvgIpc) is 2.72. The topological polar surface area (TPSA) is 94.0 Å². The average molecular weight is 351 g/mol. The van der Waals surface area contributed by atoms with E-state index in [9.17, 15) is 10.1 Å². The van der Waals surface area contributed by atoms with Gasteiger partial charge in [0, 0.05) is 24.0 Å². The summed E-state index contributed by atoms with van der Waals surface area (Å²) in [6.07, 6.45) is 0. The zero-order valence-corrected chi connectivity index (χ0v) is 12.9. The van der Waals surface area contributed by atoms with Gasteiger partial charge in [-0.25, -0.2) is 4.68 Å². The molecule has 0 aliphatic rings. The molecule has 0 saturated carbocycles. The van der Waals surface area contributed by atoms with E-state index >= 15 is 0 Å². The highest BCUT2D eigenvalue weighted by atomic mass is 79.9. The monoisotopic (exact) mass is 350 g/mol. The summed E-state index contributed by atoms with van der Waals surface area (Å²) in [5.41, 5.74) is 1.54. The number of aryl methyl sites for hydroxylation is 2. The smallest absolute Gasteiger partial charge is 0.312 e. The van der Waals surface area contributed by atoms with E-state index in [0.717, 1.165) is 11.3 Å². The number of nitro groups is 1. The molecule has 7 nitrogen and oxygen atoms in total. The van der Waals surface area contributed by atoms with Crippen LogP contribution in [0, 0.1) is 28.4 Å². The molecular weight excluding hydrogens is 340 g/mol. The van der Waals surface area contributed by atoms with Crippen molar-refractivity contribution in [3.8, 4) is 17.7 Å². The van der Waals surface area contributed by atoms with E-state index in [1.807, 2.05) is 13.0 Å². The molecule has 108 valence electrons. The van der Waals surface area contributed by atoms with Gasteiger partial charge in [0.05, 0.1) is 22.2 Å². The number of nitro benzene ring substituents is 1. The summed E-state index contributed by atoms with van der Waals surface area (Å²) in [4.78, 5) is 10.5. The van der Waals surface area contributed by atoms with E-state index in [0.29, 0.717) is 11.2 Å². The molecule has 0 aliphatic heterocycles. The van der Waals surface area contributed by atoms with E-state index in [1.54, 1.807) is 7.05 Å². The molecule has 0 saturated heterocycles. The number of aromatic nitrogens is 2. The minimum absolute atomic E-state index is 0.0733. The van der Waals surface area contributed by atoms with Crippen molar-refractivity contribution in [3.05, 3.63) is 45.1 Å². The number of halogens is 1. The first-order valence-corrected chi connectivity index (χ1v) is 7.05. The van der Waals surface area contributed by atoms with Crippen molar-refractivity contribution in [2.75, 3.05) is 0 Å². The summed E-state index contributed by atoms with van der Waals surface area (Å²) in [5, 5.41) is 24.7. The quantitative estimate of drug-likeness (QED) is 0.479. The molecule has 2 rings (SSSR count). The van der Waals surface area contributed by atoms with E-state index in [2.05, 4.69) is 21.0 Å². The van der Waals surface area contributed by atoms with E-state index in [1.165, 1.54) is 22.9 Å². The molecule has 0 amide bonds. The molecule has 1 aromatic heterocycles. The second kappa shape index (κ2) is 5.93. The molecule has 0 bridgehead atoms. The molecule has 0 fully saturated rings. The predicted molar refractivity (Wildman–Crippen MR) is 78.5 cm³/mol. The zero-order valence-electron chi connectivity index (χ0n) is 11.3. The van der Waals surface area contributed by atoms with E-state index in [-0.39, 0.29) is 17.0 Å². The normalized spacial score (nSPS) is 10.2. The molecular formula is C13H11BrN4O3. The van der Waals surface area contributed by atoms with Crippen LogP contribution in [0.4, 0.5) is 5.69 Å². The van der Waals surface area contributed by atoms with Crippen LogP contribution in [0.1, 0.15) is 16.8 Å². The van der Waals surface area contributed by atoms with Crippen LogP contribution in [-0.4, -0.2) is 14.7 Å². The molecule has 0 spiro atoms. The lowest BCUT2D eigenvalue weighted by atomic mass is 10.2. The summed E-state index contributed by atoms with van der Waals surface area (Å²) in [7, 11) is 1.70. The van der Waals surface area contributed by atoms with Gasteiger partial charge in [-0.2, -0.15) is 10.4 Å². The van der Waals surface area contributed by atoms with Gasteiger partial charge in [-0.15, -0.1) is 0 Å². The molecule has 2 aromatic rings. The Kier molecular flexibility index (Phi) is 4.23. The number of ether oxygens (including phenoxy) is 1. The van der Waals surface area contributed by atoms with Crippen molar-refractivity contribution in [3.63, 3.8) is 0 Å². The lowest BCUT2D eigenvalue weighted by Crippen LogP contribution is -1.99. The van der Waals surface area contributed by atoms with Crippen LogP contribution in [-0.2, 0) is 12.4 Å². The number of alkyl halides is 1. The molecule has 0 N–H and O–H groups in total. The first kappa shape index (κ1) is 15.0. The van der Waals surface area contributed by atoms with Crippen molar-refractivity contribution in [2.45, 2.75) is 12.3 Å². The maximum absolute atomic E-state index is 11.1. The number of nitrogens with zero attached hydrogens (tertiary/aromatic N) is 4. The number of nitriles is 1. The SMILES string of the molecule is Cc1nn(C)c(Oc2ccc(C#N)cc2[N+](=O)[O-])c1CBr. The Morgan fingerprint density at radius 1 is 1.57 bits per heavy atom. The number of hydrogen-bond donors (Lipinski definition) is 0. The van der Waals surface area contributed by atoms with Crippen LogP contribution < -0.4 is 4.74 Å². The molecule has 0 radical (unpaired) electrons. The van der Waals surface area contributed by atoms with Gasteiger partial charge < -0.3 is 4.74 Å². The van der Waals surface area contributed by atoms with Crippen LogP contribution in [0.25, 0.3) is 0 Å². The third-order valence-electron chi connectivity index (χ3n) is 2.91. The lowest BCUT2D eigenvalue weighted by Gasteiger charge is -2.08. The summed E-state index contributed by atoms with van der Waals surface area (Å²) < 4.78 is 7.19. The maximum atomic E-state index is 11.1. The van der Waals surface area contributed by atoms with Gasteiger partial charge in [-0.05, 0) is 19.1 Å². The summed E-state index contributed by atoms with van der Waals surface area (Å²) in [6.45, 7) is 1.83. The zero-order chi connectivity index (χ0) is 15.6. The predicted octanol–water partition coefficient (Wildman–Crippen LogP) is 3.20. The summed E-state index contributed by atoms with van der Waals surface area (Å²) >= 11 is 3.35. The van der Waals surface area contributed by atoms with Gasteiger partial charge in [0.2, 0.25) is 11.6 Å². The number of benzene rings is 1. The highest BCUT2D eigenvalue weighted by molar-refractivity contribution is 9.08. The Bertz CT molecular complexity index is 749. The third kappa shape index (κ3) is 2.87. The van der Waals surface area contributed by atoms with Gasteiger partial charge in [-0.3, -0.25) is 10.1 Å². The number of rotatable bonds is 4. The van der Waals surface area contributed by atoms with E-state index < -0.39 is 4.92 Å². The van der Waals surface area contributed by atoms with Crippen LogP contribution in [0.5, 0.6) is 11.6 Å². The fourth-order valence-electron chi connectivity index (χ4n) is 1.88. The summed E-state index contributed by atoms with van der Waals surface area (Å²) in [5.74, 6) is 0.501. The van der Waals surface area contributed by atoms with Gasteiger partial charge in [0.1, 0.15) is 0 Å². The van der Waals surface area contributed by atoms with Crippen LogP contribution in [0.2, 0.25) is 0 Å². The summed E-state index contributed by atoms with van der Waals surface area (Å²) in [6, 6.07) is 5.94. The first-order chi connectivity index (χ1) is 9.97. The molecule has 0 unspecified atom stereocenters. The second-order valence-electron chi connectivity index (χ2n) is 4.28. The van der Waals surface area contributed by atoms with Gasteiger partial charge in [-0.1, -0.05) is 15.9 Å². The van der Waals surface area contributed by atoms with E-state index in [4.69, 9.17) is 10.00 Å². The lowest BCUT2D eigenvalue weighted by molar-refractivity contribution is -0.385. The molecule has 21 heavy (non-hydrogen) atoms. The van der Waals surface area contributed by atoms with Gasteiger partial charge in [0.15, 0.2) is 0 Å². The second-order valence-corrected chi connectivity index (χ2v) is 4.84. The third-order valence-corrected chi connectivity index (χ3v) is 3.47.